The van der Waals surface area contributed by atoms with E-state index in [0.29, 0.717) is 24.5 Å². The SMILES string of the molecule is COCCn1c(SCc2cccc([N+](=O)[O-])c2C)nc2ccccc21. The van der Waals surface area contributed by atoms with Gasteiger partial charge in [0.05, 0.1) is 22.6 Å². The maximum atomic E-state index is 11.1. The third-order valence-electron chi connectivity index (χ3n) is 4.11. The van der Waals surface area contributed by atoms with Crippen molar-refractivity contribution in [1.82, 2.24) is 9.55 Å². The molecule has 0 saturated carbocycles. The van der Waals surface area contributed by atoms with Crippen molar-refractivity contribution < 1.29 is 9.66 Å². The summed E-state index contributed by atoms with van der Waals surface area (Å²) in [4.78, 5) is 15.5. The van der Waals surface area contributed by atoms with Gasteiger partial charge in [0.2, 0.25) is 0 Å². The topological polar surface area (TPSA) is 70.2 Å². The number of para-hydroxylation sites is 2. The molecule has 0 radical (unpaired) electrons. The summed E-state index contributed by atoms with van der Waals surface area (Å²) < 4.78 is 7.35. The van der Waals surface area contributed by atoms with Crippen molar-refractivity contribution in [2.75, 3.05) is 13.7 Å². The molecule has 0 aliphatic heterocycles. The van der Waals surface area contributed by atoms with Crippen LogP contribution in [0.3, 0.4) is 0 Å². The van der Waals surface area contributed by atoms with Crippen LogP contribution < -0.4 is 0 Å². The third-order valence-corrected chi connectivity index (χ3v) is 5.13. The molecule has 0 unspecified atom stereocenters. The van der Waals surface area contributed by atoms with Gasteiger partial charge >= 0.3 is 0 Å². The van der Waals surface area contributed by atoms with Crippen LogP contribution in [0.5, 0.6) is 0 Å². The second kappa shape index (κ2) is 7.67. The number of nitrogens with zero attached hydrogens (tertiary/aromatic N) is 3. The van der Waals surface area contributed by atoms with Gasteiger partial charge in [-0.25, -0.2) is 4.98 Å². The first-order valence-corrected chi connectivity index (χ1v) is 8.90. The maximum absolute atomic E-state index is 11.1. The van der Waals surface area contributed by atoms with E-state index < -0.39 is 0 Å². The molecule has 0 aliphatic rings. The fourth-order valence-electron chi connectivity index (χ4n) is 2.73. The van der Waals surface area contributed by atoms with Crippen molar-refractivity contribution in [3.05, 3.63) is 63.7 Å². The largest absolute Gasteiger partial charge is 0.383 e. The van der Waals surface area contributed by atoms with Crippen molar-refractivity contribution in [3.8, 4) is 0 Å². The van der Waals surface area contributed by atoms with Crippen LogP contribution in [0.15, 0.2) is 47.6 Å². The van der Waals surface area contributed by atoms with Gasteiger partial charge in [-0.15, -0.1) is 0 Å². The monoisotopic (exact) mass is 357 g/mol. The van der Waals surface area contributed by atoms with Crippen molar-refractivity contribution in [2.24, 2.45) is 0 Å². The van der Waals surface area contributed by atoms with E-state index in [1.807, 2.05) is 30.3 Å². The van der Waals surface area contributed by atoms with E-state index >= 15 is 0 Å². The van der Waals surface area contributed by atoms with Crippen LogP contribution in [0.1, 0.15) is 11.1 Å². The van der Waals surface area contributed by atoms with Gasteiger partial charge in [0.1, 0.15) is 0 Å². The van der Waals surface area contributed by atoms with E-state index in [1.165, 1.54) is 6.07 Å². The minimum atomic E-state index is -0.336. The molecule has 0 atom stereocenters. The Kier molecular flexibility index (Phi) is 5.35. The lowest BCUT2D eigenvalue weighted by atomic mass is 10.1. The highest BCUT2D eigenvalue weighted by molar-refractivity contribution is 7.98. The van der Waals surface area contributed by atoms with Crippen LogP contribution in [0.4, 0.5) is 5.69 Å². The molecule has 3 rings (SSSR count). The average Bonchev–Trinajstić information content (AvgIpc) is 2.96. The summed E-state index contributed by atoms with van der Waals surface area (Å²) in [6.07, 6.45) is 0. The van der Waals surface area contributed by atoms with Gasteiger partial charge in [0.25, 0.3) is 5.69 Å². The molecule has 3 aromatic rings. The summed E-state index contributed by atoms with van der Waals surface area (Å²) in [5, 5.41) is 12.0. The van der Waals surface area contributed by atoms with Crippen molar-refractivity contribution in [1.29, 1.82) is 0 Å². The van der Waals surface area contributed by atoms with Gasteiger partial charge in [-0.3, -0.25) is 10.1 Å². The summed E-state index contributed by atoms with van der Waals surface area (Å²) in [6, 6.07) is 13.2. The summed E-state index contributed by atoms with van der Waals surface area (Å²) >= 11 is 1.58. The van der Waals surface area contributed by atoms with E-state index in [0.717, 1.165) is 21.8 Å². The molecule has 0 N–H and O–H groups in total. The first kappa shape index (κ1) is 17.4. The molecule has 0 bridgehead atoms. The smallest absolute Gasteiger partial charge is 0.272 e. The van der Waals surface area contributed by atoms with Gasteiger partial charge in [-0.1, -0.05) is 36.0 Å². The first-order chi connectivity index (χ1) is 12.1. The van der Waals surface area contributed by atoms with E-state index in [2.05, 4.69) is 4.57 Å². The highest BCUT2D eigenvalue weighted by Crippen LogP contribution is 2.30. The van der Waals surface area contributed by atoms with E-state index in [-0.39, 0.29) is 10.6 Å². The van der Waals surface area contributed by atoms with Crippen LogP contribution in [0, 0.1) is 17.0 Å². The van der Waals surface area contributed by atoms with Crippen molar-refractivity contribution >= 4 is 28.5 Å². The van der Waals surface area contributed by atoms with Crippen molar-refractivity contribution in [3.63, 3.8) is 0 Å². The van der Waals surface area contributed by atoms with Gasteiger partial charge in [0.15, 0.2) is 5.16 Å². The molecule has 1 heterocycles. The van der Waals surface area contributed by atoms with E-state index in [1.54, 1.807) is 31.9 Å². The summed E-state index contributed by atoms with van der Waals surface area (Å²) in [5.41, 5.74) is 3.82. The lowest BCUT2D eigenvalue weighted by molar-refractivity contribution is -0.385. The standard InChI is InChI=1S/C18H19N3O3S/c1-13-14(6-5-9-16(13)21(22)23)12-25-18-19-15-7-3-4-8-17(15)20(18)10-11-24-2/h3-9H,10-12H2,1-2H3. The molecule has 6 nitrogen and oxygen atoms in total. The number of hydrogen-bond donors (Lipinski definition) is 0. The zero-order chi connectivity index (χ0) is 17.8. The first-order valence-electron chi connectivity index (χ1n) is 7.91. The fraction of sp³-hybridized carbons (Fsp3) is 0.278. The number of rotatable bonds is 7. The minimum Gasteiger partial charge on any atom is -0.383 e. The predicted molar refractivity (Wildman–Crippen MR) is 99.0 cm³/mol. The van der Waals surface area contributed by atoms with E-state index in [9.17, 15) is 10.1 Å². The summed E-state index contributed by atoms with van der Waals surface area (Å²) in [6.45, 7) is 3.11. The number of hydrogen-bond acceptors (Lipinski definition) is 5. The maximum Gasteiger partial charge on any atom is 0.272 e. The molecule has 25 heavy (non-hydrogen) atoms. The number of imidazole rings is 1. The molecule has 0 amide bonds. The van der Waals surface area contributed by atoms with Gasteiger partial charge in [0, 0.05) is 31.0 Å². The van der Waals surface area contributed by atoms with Gasteiger partial charge in [-0.2, -0.15) is 0 Å². The quantitative estimate of drug-likeness (QED) is 0.360. The Morgan fingerprint density at radius 3 is 2.80 bits per heavy atom. The van der Waals surface area contributed by atoms with Gasteiger partial charge < -0.3 is 9.30 Å². The normalized spacial score (nSPS) is 11.1. The van der Waals surface area contributed by atoms with Gasteiger partial charge in [-0.05, 0) is 24.6 Å². The number of fused-ring (bicyclic) bond motifs is 1. The molecule has 2 aromatic carbocycles. The second-order valence-corrected chi connectivity index (χ2v) is 6.58. The van der Waals surface area contributed by atoms with Crippen LogP contribution >= 0.6 is 11.8 Å². The Morgan fingerprint density at radius 1 is 1.24 bits per heavy atom. The number of nitro groups is 1. The molecule has 1 aromatic heterocycles. The Morgan fingerprint density at radius 2 is 2.04 bits per heavy atom. The zero-order valence-corrected chi connectivity index (χ0v) is 15.0. The highest BCUT2D eigenvalue weighted by Gasteiger charge is 2.15. The molecular weight excluding hydrogens is 338 g/mol. The lowest BCUT2D eigenvalue weighted by Gasteiger charge is -2.09. The van der Waals surface area contributed by atoms with Crippen molar-refractivity contribution in [2.45, 2.75) is 24.4 Å². The minimum absolute atomic E-state index is 0.158. The second-order valence-electron chi connectivity index (χ2n) is 5.63. The zero-order valence-electron chi connectivity index (χ0n) is 14.1. The number of nitro benzene ring substituents is 1. The van der Waals surface area contributed by atoms with Crippen LogP contribution in [-0.2, 0) is 17.0 Å². The third kappa shape index (κ3) is 3.67. The van der Waals surface area contributed by atoms with E-state index in [4.69, 9.17) is 9.72 Å². The van der Waals surface area contributed by atoms with Crippen LogP contribution in [0.2, 0.25) is 0 Å². The number of ether oxygens (including phenoxy) is 1. The Bertz CT molecular complexity index is 908. The number of methoxy groups -OCH3 is 1. The summed E-state index contributed by atoms with van der Waals surface area (Å²) in [5.74, 6) is 0.629. The van der Waals surface area contributed by atoms with Crippen LogP contribution in [0.25, 0.3) is 11.0 Å². The summed E-state index contributed by atoms with van der Waals surface area (Å²) in [7, 11) is 1.68. The number of aromatic nitrogens is 2. The molecular formula is C18H19N3O3S. The molecule has 0 aliphatic carbocycles. The Labute approximate surface area is 150 Å². The molecule has 130 valence electrons. The Hall–Kier alpha value is -2.38. The number of thioether (sulfide) groups is 1. The molecule has 0 spiro atoms. The predicted octanol–water partition coefficient (Wildman–Crippen LogP) is 4.19. The molecule has 0 fully saturated rings. The average molecular weight is 357 g/mol. The highest BCUT2D eigenvalue weighted by atomic mass is 32.2. The number of benzene rings is 2. The fourth-order valence-corrected chi connectivity index (χ4v) is 3.83. The molecule has 7 heteroatoms. The molecule has 0 saturated heterocycles. The van der Waals surface area contributed by atoms with Crippen LogP contribution in [-0.4, -0.2) is 28.2 Å². The lowest BCUT2D eigenvalue weighted by Crippen LogP contribution is -2.05. The Balaban J connectivity index is 1.88.